The fraction of sp³-hybridized carbons (Fsp3) is 0.462. The van der Waals surface area contributed by atoms with Gasteiger partial charge in [-0.1, -0.05) is 25.5 Å². The molecule has 0 aromatic heterocycles. The van der Waals surface area contributed by atoms with Gasteiger partial charge in [0.05, 0.1) is 11.6 Å². The monoisotopic (exact) mass is 202 g/mol. The van der Waals surface area contributed by atoms with Gasteiger partial charge in [0, 0.05) is 6.54 Å². The zero-order valence-corrected chi connectivity index (χ0v) is 9.53. The van der Waals surface area contributed by atoms with Crippen LogP contribution in [-0.4, -0.2) is 18.5 Å². The van der Waals surface area contributed by atoms with Crippen LogP contribution in [0.2, 0.25) is 0 Å². The maximum Gasteiger partial charge on any atom is 0.0991 e. The van der Waals surface area contributed by atoms with E-state index in [1.807, 2.05) is 18.2 Å². The van der Waals surface area contributed by atoms with Gasteiger partial charge in [-0.15, -0.1) is 0 Å². The highest BCUT2D eigenvalue weighted by Crippen LogP contribution is 2.07. The lowest BCUT2D eigenvalue weighted by atomic mass is 10.1. The molecule has 0 spiro atoms. The van der Waals surface area contributed by atoms with Crippen LogP contribution in [0.25, 0.3) is 0 Å². The average Bonchev–Trinajstić information content (AvgIpc) is 2.26. The minimum atomic E-state index is 0.747. The summed E-state index contributed by atoms with van der Waals surface area (Å²) in [5, 5.41) is 8.77. The molecule has 1 rings (SSSR count). The van der Waals surface area contributed by atoms with Crippen molar-refractivity contribution in [3.8, 4) is 6.07 Å². The number of rotatable bonds is 5. The summed E-state index contributed by atoms with van der Waals surface area (Å²) in [5.74, 6) is 0. The zero-order valence-electron chi connectivity index (χ0n) is 9.53. The Balaban J connectivity index is 2.53. The van der Waals surface area contributed by atoms with Crippen molar-refractivity contribution >= 4 is 0 Å². The number of unbranched alkanes of at least 4 members (excludes halogenated alkanes) is 1. The van der Waals surface area contributed by atoms with E-state index in [1.54, 1.807) is 0 Å². The molecule has 2 heteroatoms. The highest BCUT2D eigenvalue weighted by molar-refractivity contribution is 5.32. The van der Waals surface area contributed by atoms with Crippen molar-refractivity contribution in [1.29, 1.82) is 5.26 Å². The summed E-state index contributed by atoms with van der Waals surface area (Å²) in [5.41, 5.74) is 1.96. The first kappa shape index (κ1) is 11.7. The number of hydrogen-bond acceptors (Lipinski definition) is 2. The number of nitriles is 1. The van der Waals surface area contributed by atoms with E-state index in [1.165, 1.54) is 18.4 Å². The van der Waals surface area contributed by atoms with E-state index >= 15 is 0 Å². The quantitative estimate of drug-likeness (QED) is 0.734. The van der Waals surface area contributed by atoms with Gasteiger partial charge in [-0.25, -0.2) is 0 Å². The molecule has 0 aliphatic heterocycles. The molecule has 0 amide bonds. The molecule has 0 aliphatic carbocycles. The largest absolute Gasteiger partial charge is 0.302 e. The van der Waals surface area contributed by atoms with E-state index in [0.29, 0.717) is 0 Å². The minimum Gasteiger partial charge on any atom is -0.302 e. The summed E-state index contributed by atoms with van der Waals surface area (Å²) < 4.78 is 0. The van der Waals surface area contributed by atoms with E-state index in [-0.39, 0.29) is 0 Å². The first-order valence-electron chi connectivity index (χ1n) is 5.44. The van der Waals surface area contributed by atoms with Crippen molar-refractivity contribution in [3.63, 3.8) is 0 Å². The predicted octanol–water partition coefficient (Wildman–Crippen LogP) is 2.79. The van der Waals surface area contributed by atoms with Gasteiger partial charge in [0.15, 0.2) is 0 Å². The SMILES string of the molecule is CCCCN(C)Cc1cccc(C#N)c1. The first-order valence-corrected chi connectivity index (χ1v) is 5.44. The van der Waals surface area contributed by atoms with Crippen molar-refractivity contribution in [2.75, 3.05) is 13.6 Å². The van der Waals surface area contributed by atoms with Crippen molar-refractivity contribution in [2.24, 2.45) is 0 Å². The fourth-order valence-electron chi connectivity index (χ4n) is 1.56. The Morgan fingerprint density at radius 1 is 1.40 bits per heavy atom. The molecule has 0 saturated carbocycles. The maximum absolute atomic E-state index is 8.77. The molecular formula is C13H18N2. The molecule has 15 heavy (non-hydrogen) atoms. The Kier molecular flexibility index (Phi) is 4.86. The third-order valence-corrected chi connectivity index (χ3v) is 2.40. The third kappa shape index (κ3) is 4.14. The van der Waals surface area contributed by atoms with Gasteiger partial charge in [-0.05, 0) is 37.7 Å². The lowest BCUT2D eigenvalue weighted by Crippen LogP contribution is -2.18. The molecule has 0 bridgehead atoms. The third-order valence-electron chi connectivity index (χ3n) is 2.40. The second-order valence-corrected chi connectivity index (χ2v) is 3.90. The van der Waals surface area contributed by atoms with Gasteiger partial charge < -0.3 is 4.90 Å². The molecule has 0 radical (unpaired) electrons. The van der Waals surface area contributed by atoms with Gasteiger partial charge in [-0.3, -0.25) is 0 Å². The summed E-state index contributed by atoms with van der Waals surface area (Å²) in [7, 11) is 2.12. The molecule has 0 fully saturated rings. The normalized spacial score (nSPS) is 10.3. The Hall–Kier alpha value is -1.33. The second-order valence-electron chi connectivity index (χ2n) is 3.90. The lowest BCUT2D eigenvalue weighted by molar-refractivity contribution is 0.321. The van der Waals surface area contributed by atoms with Gasteiger partial charge in [0.2, 0.25) is 0 Å². The van der Waals surface area contributed by atoms with Crippen LogP contribution in [0.1, 0.15) is 30.9 Å². The van der Waals surface area contributed by atoms with E-state index in [0.717, 1.165) is 18.7 Å². The topological polar surface area (TPSA) is 27.0 Å². The molecule has 0 saturated heterocycles. The molecule has 0 N–H and O–H groups in total. The number of nitrogens with zero attached hydrogens (tertiary/aromatic N) is 2. The molecule has 0 heterocycles. The van der Waals surface area contributed by atoms with Crippen LogP contribution < -0.4 is 0 Å². The summed E-state index contributed by atoms with van der Waals surface area (Å²) in [6.07, 6.45) is 2.46. The Bertz CT molecular complexity index is 339. The van der Waals surface area contributed by atoms with Crippen molar-refractivity contribution in [1.82, 2.24) is 4.90 Å². The smallest absolute Gasteiger partial charge is 0.0991 e. The minimum absolute atomic E-state index is 0.747. The zero-order chi connectivity index (χ0) is 11.1. The predicted molar refractivity (Wildman–Crippen MR) is 62.4 cm³/mol. The van der Waals surface area contributed by atoms with E-state index in [2.05, 4.69) is 31.0 Å². The number of hydrogen-bond donors (Lipinski definition) is 0. The van der Waals surface area contributed by atoms with Gasteiger partial charge in [0.1, 0.15) is 0 Å². The van der Waals surface area contributed by atoms with Crippen LogP contribution in [0.3, 0.4) is 0 Å². The van der Waals surface area contributed by atoms with Crippen LogP contribution in [0.15, 0.2) is 24.3 Å². The Labute approximate surface area is 92.1 Å². The van der Waals surface area contributed by atoms with Gasteiger partial charge >= 0.3 is 0 Å². The lowest BCUT2D eigenvalue weighted by Gasteiger charge is -2.16. The van der Waals surface area contributed by atoms with Crippen LogP contribution >= 0.6 is 0 Å². The first-order chi connectivity index (χ1) is 7.26. The molecule has 2 nitrogen and oxygen atoms in total. The molecule has 1 aromatic rings. The van der Waals surface area contributed by atoms with E-state index in [9.17, 15) is 0 Å². The van der Waals surface area contributed by atoms with Crippen LogP contribution in [0.5, 0.6) is 0 Å². The van der Waals surface area contributed by atoms with Gasteiger partial charge in [0.25, 0.3) is 0 Å². The van der Waals surface area contributed by atoms with Gasteiger partial charge in [-0.2, -0.15) is 5.26 Å². The summed E-state index contributed by atoms with van der Waals surface area (Å²) in [6, 6.07) is 9.99. The molecule has 80 valence electrons. The Morgan fingerprint density at radius 3 is 2.87 bits per heavy atom. The highest BCUT2D eigenvalue weighted by Gasteiger charge is 2.00. The van der Waals surface area contributed by atoms with Crippen LogP contribution in [0.4, 0.5) is 0 Å². The summed E-state index contributed by atoms with van der Waals surface area (Å²) >= 11 is 0. The molecule has 0 atom stereocenters. The van der Waals surface area contributed by atoms with Crippen molar-refractivity contribution in [2.45, 2.75) is 26.3 Å². The second kappa shape index (κ2) is 6.21. The Morgan fingerprint density at radius 2 is 2.20 bits per heavy atom. The standard InChI is InChI=1S/C13H18N2/c1-3-4-8-15(2)11-13-7-5-6-12(9-13)10-14/h5-7,9H,3-4,8,11H2,1-2H3. The highest BCUT2D eigenvalue weighted by atomic mass is 15.1. The fourth-order valence-corrected chi connectivity index (χ4v) is 1.56. The molecule has 0 unspecified atom stereocenters. The maximum atomic E-state index is 8.77. The molecular weight excluding hydrogens is 184 g/mol. The van der Waals surface area contributed by atoms with Crippen LogP contribution in [-0.2, 0) is 6.54 Å². The molecule has 1 aromatic carbocycles. The van der Waals surface area contributed by atoms with E-state index in [4.69, 9.17) is 5.26 Å². The average molecular weight is 202 g/mol. The summed E-state index contributed by atoms with van der Waals surface area (Å²) in [6.45, 7) is 4.24. The number of benzene rings is 1. The van der Waals surface area contributed by atoms with Crippen LogP contribution in [0, 0.1) is 11.3 Å². The van der Waals surface area contributed by atoms with E-state index < -0.39 is 0 Å². The molecule has 0 aliphatic rings. The van der Waals surface area contributed by atoms with Crippen molar-refractivity contribution in [3.05, 3.63) is 35.4 Å². The van der Waals surface area contributed by atoms with Crippen molar-refractivity contribution < 1.29 is 0 Å². The summed E-state index contributed by atoms with van der Waals surface area (Å²) in [4.78, 5) is 2.29.